The fraction of sp³-hybridized carbons (Fsp3) is 0.818. The van der Waals surface area contributed by atoms with Gasteiger partial charge in [-0.25, -0.2) is 0 Å². The van der Waals surface area contributed by atoms with Gasteiger partial charge < -0.3 is 0 Å². The lowest BCUT2D eigenvalue weighted by Gasteiger charge is -2.07. The molecule has 0 amide bonds. The SMILES string of the molecule is [2H]/C(=C\[Si](C)(C)C)CCCCCC. The summed E-state index contributed by atoms with van der Waals surface area (Å²) in [6, 6.07) is 0.871. The molecule has 0 rings (SSSR count). The smallest absolute Gasteiger partial charge is 0.0682 e. The number of unbranched alkanes of at least 4 members (excludes halogenated alkanes) is 3. The molecule has 0 aliphatic rings. The van der Waals surface area contributed by atoms with Crippen molar-refractivity contribution < 1.29 is 1.37 Å². The Morgan fingerprint density at radius 2 is 1.83 bits per heavy atom. The molecule has 0 spiro atoms. The Morgan fingerprint density at radius 3 is 2.33 bits per heavy atom. The summed E-state index contributed by atoms with van der Waals surface area (Å²) in [5.74, 6) is 0. The van der Waals surface area contributed by atoms with Gasteiger partial charge in [-0.1, -0.05) is 57.6 Å². The van der Waals surface area contributed by atoms with E-state index in [4.69, 9.17) is 1.37 Å². The second kappa shape index (κ2) is 6.47. The lowest BCUT2D eigenvalue weighted by Crippen LogP contribution is -2.15. The van der Waals surface area contributed by atoms with E-state index in [9.17, 15) is 0 Å². The van der Waals surface area contributed by atoms with E-state index in [1.807, 2.05) is 0 Å². The third kappa shape index (κ3) is 9.96. The van der Waals surface area contributed by atoms with Gasteiger partial charge in [0.05, 0.1) is 9.44 Å². The quantitative estimate of drug-likeness (QED) is 0.425. The first-order valence-electron chi connectivity index (χ1n) is 5.64. The number of hydrogen-bond donors (Lipinski definition) is 0. The molecule has 0 aliphatic carbocycles. The van der Waals surface area contributed by atoms with Gasteiger partial charge in [-0.05, 0) is 12.8 Å². The van der Waals surface area contributed by atoms with E-state index in [2.05, 4.69) is 32.3 Å². The Kier molecular flexibility index (Phi) is 5.41. The molecular formula is C11H24Si. The van der Waals surface area contributed by atoms with Crippen LogP contribution in [0.25, 0.3) is 0 Å². The predicted octanol–water partition coefficient (Wildman–Crippen LogP) is 4.39. The Balaban J connectivity index is 3.62. The minimum Gasteiger partial charge on any atom is -0.0989 e. The van der Waals surface area contributed by atoms with Crippen LogP contribution in [0.1, 0.15) is 40.4 Å². The second-order valence-corrected chi connectivity index (χ2v) is 9.55. The van der Waals surface area contributed by atoms with Crippen LogP contribution in [-0.2, 0) is 0 Å². The van der Waals surface area contributed by atoms with Crippen molar-refractivity contribution in [2.24, 2.45) is 0 Å². The molecule has 0 aliphatic heterocycles. The van der Waals surface area contributed by atoms with Crippen LogP contribution in [0.3, 0.4) is 0 Å². The van der Waals surface area contributed by atoms with Crippen molar-refractivity contribution >= 4 is 8.07 Å². The van der Waals surface area contributed by atoms with Crippen molar-refractivity contribution in [2.45, 2.75) is 58.7 Å². The first-order chi connectivity index (χ1) is 5.95. The van der Waals surface area contributed by atoms with Crippen molar-refractivity contribution in [1.29, 1.82) is 0 Å². The van der Waals surface area contributed by atoms with Crippen LogP contribution in [-0.4, -0.2) is 8.07 Å². The van der Waals surface area contributed by atoms with Crippen LogP contribution in [0.4, 0.5) is 0 Å². The van der Waals surface area contributed by atoms with E-state index in [0.717, 1.165) is 12.5 Å². The van der Waals surface area contributed by atoms with Crippen LogP contribution in [0.2, 0.25) is 19.6 Å². The molecule has 72 valence electrons. The highest BCUT2D eigenvalue weighted by Gasteiger charge is 2.05. The van der Waals surface area contributed by atoms with E-state index in [-0.39, 0.29) is 0 Å². The monoisotopic (exact) mass is 185 g/mol. The summed E-state index contributed by atoms with van der Waals surface area (Å²) < 4.78 is 7.76. The molecular weight excluding hydrogens is 160 g/mol. The van der Waals surface area contributed by atoms with E-state index in [1.165, 1.54) is 25.7 Å². The summed E-state index contributed by atoms with van der Waals surface area (Å²) >= 11 is 0. The lowest BCUT2D eigenvalue weighted by molar-refractivity contribution is 0.674. The fourth-order valence-corrected chi connectivity index (χ4v) is 1.79. The summed E-state index contributed by atoms with van der Waals surface area (Å²) in [5, 5.41) is 0. The summed E-state index contributed by atoms with van der Waals surface area (Å²) in [7, 11) is -1.14. The van der Waals surface area contributed by atoms with E-state index >= 15 is 0 Å². The van der Waals surface area contributed by atoms with Crippen molar-refractivity contribution in [1.82, 2.24) is 0 Å². The lowest BCUT2D eigenvalue weighted by atomic mass is 10.2. The third-order valence-electron chi connectivity index (χ3n) is 1.71. The molecule has 0 radical (unpaired) electrons. The van der Waals surface area contributed by atoms with Gasteiger partial charge >= 0.3 is 0 Å². The van der Waals surface area contributed by atoms with Gasteiger partial charge in [-0.3, -0.25) is 0 Å². The molecule has 12 heavy (non-hydrogen) atoms. The molecule has 0 saturated carbocycles. The number of hydrogen-bond acceptors (Lipinski definition) is 0. The molecule has 0 fully saturated rings. The minimum atomic E-state index is -1.14. The third-order valence-corrected chi connectivity index (χ3v) is 2.78. The predicted molar refractivity (Wildman–Crippen MR) is 61.2 cm³/mol. The standard InChI is InChI=1S/C11H24Si/c1-5-6-7-8-9-10-11-12(2,3)4/h10-11H,5-9H2,1-4H3/b11-10+/i10D. The molecule has 0 unspecified atom stereocenters. The molecule has 0 nitrogen and oxygen atoms in total. The van der Waals surface area contributed by atoms with Crippen LogP contribution in [0, 0.1) is 0 Å². The highest BCUT2D eigenvalue weighted by molar-refractivity contribution is 6.80. The van der Waals surface area contributed by atoms with Gasteiger partial charge in [-0.2, -0.15) is 0 Å². The minimum absolute atomic E-state index is 0.871. The molecule has 1 heteroatoms. The summed E-state index contributed by atoms with van der Waals surface area (Å²) in [6.07, 6.45) is 6.08. The Bertz CT molecular complexity index is 156. The Morgan fingerprint density at radius 1 is 1.17 bits per heavy atom. The molecule has 0 N–H and O–H groups in total. The highest BCUT2D eigenvalue weighted by Crippen LogP contribution is 2.06. The Labute approximate surface area is 80.5 Å². The van der Waals surface area contributed by atoms with Crippen molar-refractivity contribution in [3.8, 4) is 0 Å². The Hall–Kier alpha value is -0.0431. The van der Waals surface area contributed by atoms with Crippen molar-refractivity contribution in [3.63, 3.8) is 0 Å². The molecule has 0 saturated heterocycles. The van der Waals surface area contributed by atoms with Crippen LogP contribution >= 0.6 is 0 Å². The van der Waals surface area contributed by atoms with Gasteiger partial charge in [0.2, 0.25) is 0 Å². The van der Waals surface area contributed by atoms with Crippen LogP contribution in [0.15, 0.2) is 11.8 Å². The zero-order chi connectivity index (χ0) is 10.3. The second-order valence-electron chi connectivity index (χ2n) is 4.53. The topological polar surface area (TPSA) is 0 Å². The van der Waals surface area contributed by atoms with Gasteiger partial charge in [0.25, 0.3) is 0 Å². The normalized spacial score (nSPS) is 14.7. The summed E-state index contributed by atoms with van der Waals surface area (Å²) in [5.41, 5.74) is 2.21. The first kappa shape index (κ1) is 10.0. The number of rotatable bonds is 6. The molecule has 0 aromatic rings. The maximum atomic E-state index is 7.76. The van der Waals surface area contributed by atoms with Crippen LogP contribution < -0.4 is 0 Å². The van der Waals surface area contributed by atoms with E-state index in [1.54, 1.807) is 0 Å². The van der Waals surface area contributed by atoms with Crippen molar-refractivity contribution in [2.75, 3.05) is 0 Å². The van der Waals surface area contributed by atoms with E-state index < -0.39 is 8.07 Å². The fourth-order valence-electron chi connectivity index (χ4n) is 1.03. The average molecular weight is 185 g/mol. The van der Waals surface area contributed by atoms with Crippen molar-refractivity contribution in [3.05, 3.63) is 11.8 Å². The van der Waals surface area contributed by atoms with Gasteiger partial charge in [-0.15, -0.1) is 0 Å². The molecule has 0 bridgehead atoms. The molecule has 0 atom stereocenters. The number of allylic oxidation sites excluding steroid dienone is 1. The van der Waals surface area contributed by atoms with Gasteiger partial charge in [0, 0.05) is 0 Å². The first-order valence-corrected chi connectivity index (χ1v) is 8.72. The zero-order valence-corrected chi connectivity index (χ0v) is 10.1. The maximum absolute atomic E-state index is 7.76. The largest absolute Gasteiger partial charge is 0.0989 e. The maximum Gasteiger partial charge on any atom is 0.0682 e. The molecule has 0 heterocycles. The van der Waals surface area contributed by atoms with Gasteiger partial charge in [0.1, 0.15) is 0 Å². The van der Waals surface area contributed by atoms with Gasteiger partial charge in [0.15, 0.2) is 0 Å². The summed E-state index contributed by atoms with van der Waals surface area (Å²) in [4.78, 5) is 0. The van der Waals surface area contributed by atoms with E-state index in [0.29, 0.717) is 0 Å². The molecule has 0 aromatic heterocycles. The average Bonchev–Trinajstić information content (AvgIpc) is 1.94. The highest BCUT2D eigenvalue weighted by atomic mass is 28.3. The molecule has 0 aromatic carbocycles. The summed E-state index contributed by atoms with van der Waals surface area (Å²) in [6.45, 7) is 9.08. The zero-order valence-electron chi connectivity index (χ0n) is 10.1. The van der Waals surface area contributed by atoms with Crippen LogP contribution in [0.5, 0.6) is 0 Å².